The van der Waals surface area contributed by atoms with Crippen molar-refractivity contribution in [2.75, 3.05) is 19.6 Å². The number of hydrogen-bond acceptors (Lipinski definition) is 3. The van der Waals surface area contributed by atoms with Gasteiger partial charge in [0.15, 0.2) is 0 Å². The van der Waals surface area contributed by atoms with Crippen molar-refractivity contribution in [1.82, 2.24) is 9.88 Å². The maximum absolute atomic E-state index is 10.7. The Labute approximate surface area is 170 Å². The Kier molecular flexibility index (Phi) is 5.79. The van der Waals surface area contributed by atoms with Crippen molar-refractivity contribution in [3.8, 4) is 0 Å². The standard InChI is InChI=1S/C23H25ClN2O2/c24-19-7-8-20-18(15-19)6-5-17-3-1-11-25-23(17)22(20)16-9-13-26(14-10-16)12-2-4-21(27)28/h1,3,7-8,11,15H,2,4-6,9-10,12-14H2,(H,27,28). The molecule has 1 aliphatic carbocycles. The molecule has 5 heteroatoms. The second kappa shape index (κ2) is 8.46. The molecule has 1 aromatic carbocycles. The van der Waals surface area contributed by atoms with Crippen LogP contribution in [0, 0.1) is 0 Å². The van der Waals surface area contributed by atoms with Gasteiger partial charge in [0.25, 0.3) is 0 Å². The molecule has 4 rings (SSSR count). The fourth-order valence-electron chi connectivity index (χ4n) is 4.38. The first-order chi connectivity index (χ1) is 13.6. The van der Waals surface area contributed by atoms with Gasteiger partial charge in [-0.15, -0.1) is 0 Å². The number of carboxylic acids is 1. The molecule has 1 aliphatic heterocycles. The van der Waals surface area contributed by atoms with Gasteiger partial charge in [0.1, 0.15) is 0 Å². The lowest BCUT2D eigenvalue weighted by atomic mass is 9.88. The van der Waals surface area contributed by atoms with Crippen LogP contribution in [0.4, 0.5) is 0 Å². The molecule has 0 unspecified atom stereocenters. The summed E-state index contributed by atoms with van der Waals surface area (Å²) in [5, 5.41) is 9.63. The summed E-state index contributed by atoms with van der Waals surface area (Å²) in [5.74, 6) is -0.712. The molecular weight excluding hydrogens is 372 g/mol. The molecule has 1 fully saturated rings. The molecule has 0 spiro atoms. The number of benzene rings is 1. The summed E-state index contributed by atoms with van der Waals surface area (Å²) in [6.07, 6.45) is 6.81. The number of halogens is 1. The zero-order valence-electron chi connectivity index (χ0n) is 16.0. The quantitative estimate of drug-likeness (QED) is 0.820. The van der Waals surface area contributed by atoms with Crippen LogP contribution in [0.25, 0.3) is 5.57 Å². The van der Waals surface area contributed by atoms with Gasteiger partial charge < -0.3 is 10.0 Å². The first-order valence-electron chi connectivity index (χ1n) is 10.0. The molecule has 0 radical (unpaired) electrons. The van der Waals surface area contributed by atoms with Gasteiger partial charge in [0.05, 0.1) is 5.69 Å². The molecule has 146 valence electrons. The number of carbonyl (C=O) groups is 1. The van der Waals surface area contributed by atoms with Crippen molar-refractivity contribution >= 4 is 23.1 Å². The van der Waals surface area contributed by atoms with Crippen molar-refractivity contribution in [3.05, 3.63) is 69.5 Å². The fourth-order valence-corrected chi connectivity index (χ4v) is 4.58. The summed E-state index contributed by atoms with van der Waals surface area (Å²) in [5.41, 5.74) is 7.76. The lowest BCUT2D eigenvalue weighted by Gasteiger charge is -2.30. The number of fused-ring (bicyclic) bond motifs is 2. The normalized spacial score (nSPS) is 17.0. The Hall–Kier alpha value is -2.17. The van der Waals surface area contributed by atoms with Crippen molar-refractivity contribution in [1.29, 1.82) is 0 Å². The SMILES string of the molecule is O=C(O)CCCN1CCC(=C2c3ccc(Cl)cc3CCc3cccnc32)CC1. The molecule has 2 aromatic rings. The molecular formula is C23H25ClN2O2. The van der Waals surface area contributed by atoms with Gasteiger partial charge in [-0.3, -0.25) is 9.78 Å². The van der Waals surface area contributed by atoms with Crippen molar-refractivity contribution in [2.45, 2.75) is 38.5 Å². The summed E-state index contributed by atoms with van der Waals surface area (Å²) >= 11 is 6.28. The average molecular weight is 397 g/mol. The number of aryl methyl sites for hydroxylation is 2. The van der Waals surface area contributed by atoms with Crippen LogP contribution in [-0.2, 0) is 17.6 Å². The minimum Gasteiger partial charge on any atom is -0.481 e. The van der Waals surface area contributed by atoms with Crippen LogP contribution in [0.1, 0.15) is 48.1 Å². The minimum atomic E-state index is -0.712. The van der Waals surface area contributed by atoms with Crippen LogP contribution in [-0.4, -0.2) is 40.6 Å². The number of carboxylic acid groups (broad SMARTS) is 1. The molecule has 1 N–H and O–H groups in total. The van der Waals surface area contributed by atoms with Crippen LogP contribution < -0.4 is 0 Å². The topological polar surface area (TPSA) is 53.4 Å². The predicted octanol–water partition coefficient (Wildman–Crippen LogP) is 4.60. The maximum Gasteiger partial charge on any atom is 0.303 e. The summed E-state index contributed by atoms with van der Waals surface area (Å²) < 4.78 is 0. The van der Waals surface area contributed by atoms with E-state index in [1.807, 2.05) is 18.3 Å². The highest BCUT2D eigenvalue weighted by Gasteiger charge is 2.25. The number of hydrogen-bond donors (Lipinski definition) is 1. The van der Waals surface area contributed by atoms with Crippen molar-refractivity contribution in [3.63, 3.8) is 0 Å². The monoisotopic (exact) mass is 396 g/mol. The molecule has 0 saturated carbocycles. The van der Waals surface area contributed by atoms with E-state index in [0.717, 1.165) is 56.0 Å². The zero-order chi connectivity index (χ0) is 19.5. The van der Waals surface area contributed by atoms with E-state index in [2.05, 4.69) is 23.1 Å². The lowest BCUT2D eigenvalue weighted by molar-refractivity contribution is -0.137. The number of pyridine rings is 1. The molecule has 2 aliphatic rings. The first-order valence-corrected chi connectivity index (χ1v) is 10.4. The van der Waals surface area contributed by atoms with E-state index in [-0.39, 0.29) is 6.42 Å². The highest BCUT2D eigenvalue weighted by molar-refractivity contribution is 6.30. The average Bonchev–Trinajstić information content (AvgIpc) is 2.85. The third kappa shape index (κ3) is 4.13. The minimum absolute atomic E-state index is 0.246. The van der Waals surface area contributed by atoms with Crippen LogP contribution in [0.2, 0.25) is 5.02 Å². The molecule has 2 heterocycles. The Balaban J connectivity index is 1.64. The number of rotatable bonds is 4. The third-order valence-electron chi connectivity index (χ3n) is 5.81. The predicted molar refractivity (Wildman–Crippen MR) is 112 cm³/mol. The smallest absolute Gasteiger partial charge is 0.303 e. The molecule has 0 bridgehead atoms. The molecule has 0 amide bonds. The van der Waals surface area contributed by atoms with Gasteiger partial charge in [-0.2, -0.15) is 0 Å². The van der Waals surface area contributed by atoms with E-state index in [0.29, 0.717) is 6.42 Å². The lowest BCUT2D eigenvalue weighted by Crippen LogP contribution is -2.32. The Bertz CT molecular complexity index is 913. The van der Waals surface area contributed by atoms with Crippen molar-refractivity contribution in [2.24, 2.45) is 0 Å². The number of aliphatic carboxylic acids is 1. The van der Waals surface area contributed by atoms with Crippen LogP contribution in [0.15, 0.2) is 42.1 Å². The molecule has 1 aromatic heterocycles. The van der Waals surface area contributed by atoms with Crippen molar-refractivity contribution < 1.29 is 9.90 Å². The summed E-state index contributed by atoms with van der Waals surface area (Å²) in [6, 6.07) is 10.5. The highest BCUT2D eigenvalue weighted by atomic mass is 35.5. The van der Waals surface area contributed by atoms with E-state index in [1.165, 1.54) is 27.8 Å². The summed E-state index contributed by atoms with van der Waals surface area (Å²) in [7, 11) is 0. The van der Waals surface area contributed by atoms with E-state index in [1.54, 1.807) is 0 Å². The molecule has 0 atom stereocenters. The maximum atomic E-state index is 10.7. The van der Waals surface area contributed by atoms with Gasteiger partial charge in [-0.1, -0.05) is 29.3 Å². The Morgan fingerprint density at radius 3 is 2.68 bits per heavy atom. The van der Waals surface area contributed by atoms with Gasteiger partial charge in [-0.25, -0.2) is 0 Å². The second-order valence-electron chi connectivity index (χ2n) is 7.63. The Morgan fingerprint density at radius 1 is 1.11 bits per heavy atom. The molecule has 4 nitrogen and oxygen atoms in total. The van der Waals surface area contributed by atoms with Crippen LogP contribution in [0.5, 0.6) is 0 Å². The second-order valence-corrected chi connectivity index (χ2v) is 8.07. The van der Waals surface area contributed by atoms with Gasteiger partial charge in [0.2, 0.25) is 0 Å². The Morgan fingerprint density at radius 2 is 1.89 bits per heavy atom. The van der Waals surface area contributed by atoms with E-state index in [9.17, 15) is 4.79 Å². The van der Waals surface area contributed by atoms with Gasteiger partial charge >= 0.3 is 5.97 Å². The summed E-state index contributed by atoms with van der Waals surface area (Å²) in [4.78, 5) is 17.9. The first kappa shape index (κ1) is 19.2. The molecule has 1 saturated heterocycles. The van der Waals surface area contributed by atoms with Crippen LogP contribution in [0.3, 0.4) is 0 Å². The number of aromatic nitrogens is 1. The fraction of sp³-hybridized carbons (Fsp3) is 0.391. The number of likely N-dealkylation sites (tertiary alicyclic amines) is 1. The highest BCUT2D eigenvalue weighted by Crippen LogP contribution is 2.38. The van der Waals surface area contributed by atoms with Gasteiger partial charge in [0, 0.05) is 36.3 Å². The van der Waals surface area contributed by atoms with E-state index >= 15 is 0 Å². The zero-order valence-corrected chi connectivity index (χ0v) is 16.7. The van der Waals surface area contributed by atoms with Crippen LogP contribution >= 0.6 is 11.6 Å². The largest absolute Gasteiger partial charge is 0.481 e. The number of nitrogens with zero attached hydrogens (tertiary/aromatic N) is 2. The summed E-state index contributed by atoms with van der Waals surface area (Å²) in [6.45, 7) is 2.81. The molecule has 28 heavy (non-hydrogen) atoms. The van der Waals surface area contributed by atoms with E-state index in [4.69, 9.17) is 21.7 Å². The third-order valence-corrected chi connectivity index (χ3v) is 6.04. The number of piperidine rings is 1. The van der Waals surface area contributed by atoms with E-state index < -0.39 is 5.97 Å². The van der Waals surface area contributed by atoms with Gasteiger partial charge in [-0.05, 0) is 73.5 Å².